The van der Waals surface area contributed by atoms with Crippen LogP contribution in [-0.4, -0.2) is 22.5 Å². The van der Waals surface area contributed by atoms with Crippen LogP contribution in [0.25, 0.3) is 10.2 Å². The number of carbonyl (C=O) groups is 1. The third-order valence-corrected chi connectivity index (χ3v) is 6.48. The van der Waals surface area contributed by atoms with Crippen LogP contribution < -0.4 is 10.1 Å². The summed E-state index contributed by atoms with van der Waals surface area (Å²) >= 11 is 3.35. The lowest BCUT2D eigenvalue weighted by molar-refractivity contribution is -0.123. The van der Waals surface area contributed by atoms with E-state index in [1.54, 1.807) is 22.7 Å². The van der Waals surface area contributed by atoms with Gasteiger partial charge in [-0.3, -0.25) is 4.79 Å². The number of ether oxygens (including phenoxy) is 1. The van der Waals surface area contributed by atoms with Crippen molar-refractivity contribution in [2.75, 3.05) is 6.61 Å². The molecule has 130 valence electrons. The van der Waals surface area contributed by atoms with Gasteiger partial charge in [-0.1, -0.05) is 13.0 Å². The molecule has 1 N–H and O–H groups in total. The van der Waals surface area contributed by atoms with Gasteiger partial charge in [0, 0.05) is 9.75 Å². The SMILES string of the molecule is C[C@H]1CCc2c(sc3ncnc(OCC(=O)NCc4cccs4)c23)C1. The molecule has 0 radical (unpaired) electrons. The van der Waals surface area contributed by atoms with E-state index < -0.39 is 0 Å². The topological polar surface area (TPSA) is 64.1 Å². The van der Waals surface area contributed by atoms with Crippen LogP contribution >= 0.6 is 22.7 Å². The van der Waals surface area contributed by atoms with Crippen molar-refractivity contribution in [1.29, 1.82) is 0 Å². The summed E-state index contributed by atoms with van der Waals surface area (Å²) < 4.78 is 5.75. The molecule has 0 bridgehead atoms. The van der Waals surface area contributed by atoms with E-state index in [9.17, 15) is 4.79 Å². The molecule has 4 rings (SSSR count). The monoisotopic (exact) mass is 373 g/mol. The van der Waals surface area contributed by atoms with Crippen LogP contribution in [0.15, 0.2) is 23.8 Å². The van der Waals surface area contributed by atoms with E-state index in [2.05, 4.69) is 22.2 Å². The van der Waals surface area contributed by atoms with Crippen LogP contribution in [0.4, 0.5) is 0 Å². The lowest BCUT2D eigenvalue weighted by Gasteiger charge is -2.18. The van der Waals surface area contributed by atoms with Crippen molar-refractivity contribution in [3.05, 3.63) is 39.2 Å². The maximum absolute atomic E-state index is 12.0. The Hall–Kier alpha value is -1.99. The highest BCUT2D eigenvalue weighted by Gasteiger charge is 2.23. The second kappa shape index (κ2) is 7.09. The van der Waals surface area contributed by atoms with Crippen molar-refractivity contribution < 1.29 is 9.53 Å². The number of aryl methyl sites for hydroxylation is 1. The maximum atomic E-state index is 12.0. The van der Waals surface area contributed by atoms with Crippen LogP contribution in [0, 0.1) is 5.92 Å². The molecule has 7 heteroatoms. The molecule has 3 heterocycles. The number of thiophene rings is 2. The zero-order valence-corrected chi connectivity index (χ0v) is 15.6. The van der Waals surface area contributed by atoms with Crippen LogP contribution in [0.1, 0.15) is 28.7 Å². The third-order valence-electron chi connectivity index (χ3n) is 4.44. The van der Waals surface area contributed by atoms with Gasteiger partial charge in [-0.15, -0.1) is 22.7 Å². The van der Waals surface area contributed by atoms with Gasteiger partial charge in [0.25, 0.3) is 5.91 Å². The zero-order valence-electron chi connectivity index (χ0n) is 13.9. The van der Waals surface area contributed by atoms with Gasteiger partial charge in [-0.2, -0.15) is 0 Å². The Bertz CT molecular complexity index is 889. The quantitative estimate of drug-likeness (QED) is 0.742. The van der Waals surface area contributed by atoms with Crippen molar-refractivity contribution in [2.24, 2.45) is 5.92 Å². The largest absolute Gasteiger partial charge is 0.467 e. The maximum Gasteiger partial charge on any atom is 0.258 e. The van der Waals surface area contributed by atoms with E-state index in [1.807, 2.05) is 17.5 Å². The third kappa shape index (κ3) is 3.52. The van der Waals surface area contributed by atoms with Gasteiger partial charge in [-0.25, -0.2) is 9.97 Å². The van der Waals surface area contributed by atoms with Crippen LogP contribution in [0.2, 0.25) is 0 Å². The minimum atomic E-state index is -0.141. The molecule has 1 aliphatic rings. The van der Waals surface area contributed by atoms with Gasteiger partial charge in [0.2, 0.25) is 5.88 Å². The molecule has 0 saturated heterocycles. The molecule has 1 aliphatic carbocycles. The minimum Gasteiger partial charge on any atom is -0.467 e. The minimum absolute atomic E-state index is 0.0293. The van der Waals surface area contributed by atoms with E-state index in [1.165, 1.54) is 23.2 Å². The molecule has 3 aromatic rings. The smallest absolute Gasteiger partial charge is 0.258 e. The first-order valence-electron chi connectivity index (χ1n) is 8.38. The van der Waals surface area contributed by atoms with E-state index in [-0.39, 0.29) is 12.5 Å². The number of rotatable bonds is 5. The van der Waals surface area contributed by atoms with E-state index in [0.717, 1.165) is 27.9 Å². The Morgan fingerprint density at radius 1 is 1.44 bits per heavy atom. The zero-order chi connectivity index (χ0) is 17.2. The summed E-state index contributed by atoms with van der Waals surface area (Å²) in [6.07, 6.45) is 4.82. The second-order valence-corrected chi connectivity index (χ2v) is 8.47. The first-order valence-corrected chi connectivity index (χ1v) is 10.1. The lowest BCUT2D eigenvalue weighted by atomic mass is 9.89. The van der Waals surface area contributed by atoms with Gasteiger partial charge >= 0.3 is 0 Å². The number of hydrogen-bond donors (Lipinski definition) is 1. The summed E-state index contributed by atoms with van der Waals surface area (Å²) in [7, 11) is 0. The van der Waals surface area contributed by atoms with Crippen molar-refractivity contribution >= 4 is 38.8 Å². The normalized spacial score (nSPS) is 16.6. The number of amides is 1. The highest BCUT2D eigenvalue weighted by Crippen LogP contribution is 2.40. The van der Waals surface area contributed by atoms with E-state index >= 15 is 0 Å². The lowest BCUT2D eigenvalue weighted by Crippen LogP contribution is -2.28. The van der Waals surface area contributed by atoms with Gasteiger partial charge in [0.1, 0.15) is 11.2 Å². The second-order valence-electron chi connectivity index (χ2n) is 6.36. The summed E-state index contributed by atoms with van der Waals surface area (Å²) in [5.74, 6) is 1.10. The van der Waals surface area contributed by atoms with Crippen LogP contribution in [0.3, 0.4) is 0 Å². The fourth-order valence-electron chi connectivity index (χ4n) is 3.14. The fraction of sp³-hybridized carbons (Fsp3) is 0.389. The van der Waals surface area contributed by atoms with Gasteiger partial charge in [-0.05, 0) is 42.2 Å². The molecule has 1 amide bonds. The summed E-state index contributed by atoms with van der Waals surface area (Å²) in [6.45, 7) is 2.79. The Balaban J connectivity index is 1.47. The number of aromatic nitrogens is 2. The van der Waals surface area contributed by atoms with E-state index in [4.69, 9.17) is 4.74 Å². The predicted octanol–water partition coefficient (Wildman–Crippen LogP) is 3.57. The summed E-state index contributed by atoms with van der Waals surface area (Å²) in [5, 5.41) is 5.87. The molecule has 0 aromatic carbocycles. The van der Waals surface area contributed by atoms with Crippen molar-refractivity contribution in [2.45, 2.75) is 32.7 Å². The van der Waals surface area contributed by atoms with Crippen molar-refractivity contribution in [3.8, 4) is 5.88 Å². The summed E-state index contributed by atoms with van der Waals surface area (Å²) in [5.41, 5.74) is 1.31. The Labute approximate surface area is 154 Å². The average molecular weight is 374 g/mol. The molecule has 0 fully saturated rings. The van der Waals surface area contributed by atoms with Crippen LogP contribution in [0.5, 0.6) is 5.88 Å². The standard InChI is InChI=1S/C18H19N3O2S2/c1-11-4-5-13-14(7-11)25-18-16(13)17(20-10-21-18)23-9-15(22)19-8-12-3-2-6-24-12/h2-3,6,10-11H,4-5,7-9H2,1H3,(H,19,22)/t11-/m0/s1. The molecule has 0 unspecified atom stereocenters. The van der Waals surface area contributed by atoms with Gasteiger partial charge in [0.15, 0.2) is 6.61 Å². The Morgan fingerprint density at radius 2 is 2.36 bits per heavy atom. The highest BCUT2D eigenvalue weighted by molar-refractivity contribution is 7.18. The molecule has 0 saturated carbocycles. The predicted molar refractivity (Wildman–Crippen MR) is 100 cm³/mol. The molecule has 1 atom stereocenters. The number of fused-ring (bicyclic) bond motifs is 3. The van der Waals surface area contributed by atoms with E-state index in [0.29, 0.717) is 18.3 Å². The first-order chi connectivity index (χ1) is 12.2. The average Bonchev–Trinajstić information content (AvgIpc) is 3.24. The summed E-state index contributed by atoms with van der Waals surface area (Å²) in [4.78, 5) is 24.2. The van der Waals surface area contributed by atoms with Gasteiger partial charge < -0.3 is 10.1 Å². The fourth-order valence-corrected chi connectivity index (χ4v) is 5.12. The molecular formula is C18H19N3O2S2. The van der Waals surface area contributed by atoms with Gasteiger partial charge in [0.05, 0.1) is 11.9 Å². The molecule has 0 spiro atoms. The summed E-state index contributed by atoms with van der Waals surface area (Å²) in [6, 6.07) is 3.97. The van der Waals surface area contributed by atoms with Crippen LogP contribution in [-0.2, 0) is 24.2 Å². The Kier molecular flexibility index (Phi) is 4.67. The van der Waals surface area contributed by atoms with Crippen molar-refractivity contribution in [1.82, 2.24) is 15.3 Å². The molecular weight excluding hydrogens is 354 g/mol. The molecule has 5 nitrogen and oxygen atoms in total. The van der Waals surface area contributed by atoms with Crippen molar-refractivity contribution in [3.63, 3.8) is 0 Å². The number of nitrogens with zero attached hydrogens (tertiary/aromatic N) is 2. The molecule has 25 heavy (non-hydrogen) atoms. The first kappa shape index (κ1) is 16.5. The number of carbonyl (C=O) groups excluding carboxylic acids is 1. The number of hydrogen-bond acceptors (Lipinski definition) is 6. The molecule has 3 aromatic heterocycles. The number of nitrogens with one attached hydrogen (secondary N) is 1. The Morgan fingerprint density at radius 3 is 3.20 bits per heavy atom. The highest BCUT2D eigenvalue weighted by atomic mass is 32.1. The molecule has 0 aliphatic heterocycles.